The second-order valence-corrected chi connectivity index (χ2v) is 10.0. The van der Waals surface area contributed by atoms with Crippen LogP contribution in [0.4, 0.5) is 0 Å². The van der Waals surface area contributed by atoms with Crippen LogP contribution < -0.4 is 0 Å². The van der Waals surface area contributed by atoms with Crippen molar-refractivity contribution >= 4 is 0 Å². The number of rotatable bonds is 15. The van der Waals surface area contributed by atoms with Gasteiger partial charge in [-0.2, -0.15) is 0 Å². The third-order valence-electron chi connectivity index (χ3n) is 6.79. The molecule has 30 heavy (non-hydrogen) atoms. The summed E-state index contributed by atoms with van der Waals surface area (Å²) in [5.74, 6) is 0. The first-order valence-electron chi connectivity index (χ1n) is 13.2. The molecule has 1 rings (SSSR count). The molecule has 0 aromatic carbocycles. The lowest BCUT2D eigenvalue weighted by atomic mass is 9.91. The third kappa shape index (κ3) is 13.3. The standard InChI is InChI=1S/C29H52O/c1-6-7-8-9-10-11-12-13-14-15-16-17-18-19-22-29(5)23-20-21-26(2)24-27(3)28(4)25-30-29/h21,24-25H,6-20,22-23H2,1-5H3/b26-21+,27-24-,28-25+/t29-/m1/s1. The Hall–Kier alpha value is -0.980. The first kappa shape index (κ1) is 27.1. The summed E-state index contributed by atoms with van der Waals surface area (Å²) in [5, 5.41) is 0. The van der Waals surface area contributed by atoms with Gasteiger partial charge < -0.3 is 4.74 Å². The van der Waals surface area contributed by atoms with E-state index in [1.165, 1.54) is 113 Å². The summed E-state index contributed by atoms with van der Waals surface area (Å²) in [5.41, 5.74) is 3.91. The average molecular weight is 417 g/mol. The summed E-state index contributed by atoms with van der Waals surface area (Å²) in [6.45, 7) is 11.2. The zero-order chi connectivity index (χ0) is 22.1. The van der Waals surface area contributed by atoms with E-state index in [2.05, 4.69) is 46.8 Å². The van der Waals surface area contributed by atoms with Crippen LogP contribution in [0.1, 0.15) is 144 Å². The molecule has 1 atom stereocenters. The quantitative estimate of drug-likeness (QED) is 0.241. The molecule has 1 aliphatic heterocycles. The third-order valence-corrected chi connectivity index (χ3v) is 6.79. The van der Waals surface area contributed by atoms with E-state index >= 15 is 0 Å². The van der Waals surface area contributed by atoms with Gasteiger partial charge in [0.1, 0.15) is 5.60 Å². The molecule has 0 aromatic rings. The van der Waals surface area contributed by atoms with E-state index in [0.717, 1.165) is 12.8 Å². The summed E-state index contributed by atoms with van der Waals surface area (Å²) in [6.07, 6.45) is 29.9. The molecule has 0 spiro atoms. The minimum absolute atomic E-state index is 0.0210. The van der Waals surface area contributed by atoms with Crippen LogP contribution in [0, 0.1) is 0 Å². The number of hydrogen-bond donors (Lipinski definition) is 0. The molecule has 0 bridgehead atoms. The van der Waals surface area contributed by atoms with Crippen LogP contribution in [-0.2, 0) is 4.74 Å². The van der Waals surface area contributed by atoms with Crippen LogP contribution in [0.2, 0.25) is 0 Å². The minimum atomic E-state index is -0.0210. The lowest BCUT2D eigenvalue weighted by molar-refractivity contribution is 0.0206. The van der Waals surface area contributed by atoms with Crippen LogP contribution in [0.25, 0.3) is 0 Å². The first-order chi connectivity index (χ1) is 14.5. The van der Waals surface area contributed by atoms with Gasteiger partial charge in [-0.05, 0) is 64.5 Å². The molecule has 174 valence electrons. The van der Waals surface area contributed by atoms with Crippen molar-refractivity contribution in [3.63, 3.8) is 0 Å². The second-order valence-electron chi connectivity index (χ2n) is 10.0. The Morgan fingerprint density at radius 2 is 1.23 bits per heavy atom. The highest BCUT2D eigenvalue weighted by Gasteiger charge is 2.24. The number of allylic oxidation sites excluding steroid dienone is 5. The predicted molar refractivity (Wildman–Crippen MR) is 135 cm³/mol. The summed E-state index contributed by atoms with van der Waals surface area (Å²) in [7, 11) is 0. The van der Waals surface area contributed by atoms with Crippen LogP contribution >= 0.6 is 0 Å². The highest BCUT2D eigenvalue weighted by Crippen LogP contribution is 2.28. The molecule has 0 unspecified atom stereocenters. The van der Waals surface area contributed by atoms with Crippen molar-refractivity contribution < 1.29 is 4.74 Å². The maximum atomic E-state index is 6.31. The highest BCUT2D eigenvalue weighted by atomic mass is 16.5. The Morgan fingerprint density at radius 3 is 1.77 bits per heavy atom. The van der Waals surface area contributed by atoms with Gasteiger partial charge in [0.15, 0.2) is 0 Å². The van der Waals surface area contributed by atoms with Gasteiger partial charge in [-0.1, -0.05) is 108 Å². The predicted octanol–water partition coefficient (Wildman–Crippen LogP) is 10.2. The van der Waals surface area contributed by atoms with Crippen LogP contribution in [-0.4, -0.2) is 5.60 Å². The molecule has 0 aliphatic carbocycles. The summed E-state index contributed by atoms with van der Waals surface area (Å²) in [4.78, 5) is 0. The molecular weight excluding hydrogens is 364 g/mol. The van der Waals surface area contributed by atoms with Crippen molar-refractivity contribution in [1.29, 1.82) is 0 Å². The Morgan fingerprint density at radius 1 is 0.733 bits per heavy atom. The lowest BCUT2D eigenvalue weighted by Gasteiger charge is -2.30. The molecule has 0 saturated heterocycles. The van der Waals surface area contributed by atoms with Crippen molar-refractivity contribution in [3.05, 3.63) is 35.1 Å². The largest absolute Gasteiger partial charge is 0.495 e. The van der Waals surface area contributed by atoms with Crippen LogP contribution in [0.15, 0.2) is 35.1 Å². The van der Waals surface area contributed by atoms with Crippen molar-refractivity contribution in [2.45, 2.75) is 149 Å². The average Bonchev–Trinajstić information content (AvgIpc) is 2.71. The maximum absolute atomic E-state index is 6.31. The zero-order valence-electron chi connectivity index (χ0n) is 21.2. The Kier molecular flexibility index (Phi) is 15.0. The van der Waals surface area contributed by atoms with Crippen LogP contribution in [0.3, 0.4) is 0 Å². The van der Waals surface area contributed by atoms with Crippen molar-refractivity contribution in [2.24, 2.45) is 0 Å². The SMILES string of the molecule is CCCCCCCCCCCCCCCC[C@]1(C)CC/C=C(C)/C=C(C)\C(C)=C\O1. The van der Waals surface area contributed by atoms with Gasteiger partial charge in [-0.25, -0.2) is 0 Å². The molecule has 1 heterocycles. The van der Waals surface area contributed by atoms with Gasteiger partial charge >= 0.3 is 0 Å². The minimum Gasteiger partial charge on any atom is -0.495 e. The molecule has 1 heteroatoms. The zero-order valence-corrected chi connectivity index (χ0v) is 21.2. The Bertz CT molecular complexity index is 524. The van der Waals surface area contributed by atoms with Gasteiger partial charge in [0.25, 0.3) is 0 Å². The summed E-state index contributed by atoms with van der Waals surface area (Å²) < 4.78 is 6.31. The van der Waals surface area contributed by atoms with Crippen molar-refractivity contribution in [3.8, 4) is 0 Å². The number of hydrogen-bond acceptors (Lipinski definition) is 1. The molecule has 0 radical (unpaired) electrons. The van der Waals surface area contributed by atoms with E-state index in [-0.39, 0.29) is 5.60 Å². The fourth-order valence-electron chi connectivity index (χ4n) is 4.38. The molecule has 1 nitrogen and oxygen atoms in total. The molecule has 0 aromatic heterocycles. The highest BCUT2D eigenvalue weighted by molar-refractivity contribution is 5.33. The van der Waals surface area contributed by atoms with Gasteiger partial charge in [-0.3, -0.25) is 0 Å². The molecule has 0 saturated carbocycles. The van der Waals surface area contributed by atoms with E-state index in [0.29, 0.717) is 0 Å². The van der Waals surface area contributed by atoms with E-state index in [1.54, 1.807) is 0 Å². The van der Waals surface area contributed by atoms with Gasteiger partial charge in [0.2, 0.25) is 0 Å². The monoisotopic (exact) mass is 416 g/mol. The van der Waals surface area contributed by atoms with Crippen molar-refractivity contribution in [2.75, 3.05) is 0 Å². The fourth-order valence-corrected chi connectivity index (χ4v) is 4.38. The van der Waals surface area contributed by atoms with Gasteiger partial charge in [-0.15, -0.1) is 0 Å². The Balaban J connectivity index is 2.11. The molecule has 0 amide bonds. The Labute approximate surface area is 189 Å². The molecule has 0 fully saturated rings. The lowest BCUT2D eigenvalue weighted by Crippen LogP contribution is -2.27. The normalized spacial score (nSPS) is 25.4. The number of unbranched alkanes of at least 4 members (excludes halogenated alkanes) is 13. The van der Waals surface area contributed by atoms with E-state index in [1.807, 2.05) is 6.26 Å². The van der Waals surface area contributed by atoms with Crippen molar-refractivity contribution in [1.82, 2.24) is 0 Å². The summed E-state index contributed by atoms with van der Waals surface area (Å²) >= 11 is 0. The first-order valence-corrected chi connectivity index (χ1v) is 13.2. The maximum Gasteiger partial charge on any atom is 0.106 e. The van der Waals surface area contributed by atoms with Crippen LogP contribution in [0.5, 0.6) is 0 Å². The summed E-state index contributed by atoms with van der Waals surface area (Å²) in [6, 6.07) is 0. The van der Waals surface area contributed by atoms with E-state index in [4.69, 9.17) is 4.74 Å². The van der Waals surface area contributed by atoms with Gasteiger partial charge in [0, 0.05) is 0 Å². The number of ether oxygens (including phenoxy) is 1. The van der Waals surface area contributed by atoms with E-state index in [9.17, 15) is 0 Å². The van der Waals surface area contributed by atoms with E-state index < -0.39 is 0 Å². The second kappa shape index (κ2) is 16.7. The fraction of sp³-hybridized carbons (Fsp3) is 0.793. The topological polar surface area (TPSA) is 9.23 Å². The van der Waals surface area contributed by atoms with Gasteiger partial charge in [0.05, 0.1) is 6.26 Å². The molecule has 0 N–H and O–H groups in total. The molecular formula is C29H52O. The smallest absolute Gasteiger partial charge is 0.106 e. The molecule has 1 aliphatic rings.